The van der Waals surface area contributed by atoms with Crippen LogP contribution in [0, 0.1) is 13.8 Å². The molecule has 1 fully saturated rings. The molecule has 0 aromatic carbocycles. The normalized spacial score (nSPS) is 19.3. The smallest absolute Gasteiger partial charge is 0.137 e. The van der Waals surface area contributed by atoms with Crippen molar-refractivity contribution >= 4 is 11.6 Å². The van der Waals surface area contributed by atoms with Crippen molar-refractivity contribution in [3.05, 3.63) is 11.4 Å². The molecule has 1 aliphatic heterocycles. The maximum absolute atomic E-state index is 9.63. The lowest BCUT2D eigenvalue weighted by molar-refractivity contribution is 0.198. The van der Waals surface area contributed by atoms with Gasteiger partial charge in [-0.3, -0.25) is 0 Å². The minimum Gasteiger partial charge on any atom is -0.391 e. The molecule has 1 atom stereocenters. The first-order valence-electron chi connectivity index (χ1n) is 6.64. The summed E-state index contributed by atoms with van der Waals surface area (Å²) in [4.78, 5) is 11.1. The van der Waals surface area contributed by atoms with Crippen molar-refractivity contribution in [1.29, 1.82) is 0 Å². The van der Waals surface area contributed by atoms with Gasteiger partial charge in [0.1, 0.15) is 17.5 Å². The van der Waals surface area contributed by atoms with Crippen molar-refractivity contribution < 1.29 is 5.11 Å². The zero-order chi connectivity index (χ0) is 13.1. The minimum absolute atomic E-state index is 0.230. The molecule has 18 heavy (non-hydrogen) atoms. The van der Waals surface area contributed by atoms with Crippen LogP contribution in [0.15, 0.2) is 0 Å². The first kappa shape index (κ1) is 13.1. The van der Waals surface area contributed by atoms with Gasteiger partial charge in [-0.1, -0.05) is 6.92 Å². The molecule has 1 unspecified atom stereocenters. The Morgan fingerprint density at radius 2 is 2.17 bits per heavy atom. The van der Waals surface area contributed by atoms with Crippen LogP contribution in [0.1, 0.15) is 31.2 Å². The van der Waals surface area contributed by atoms with Gasteiger partial charge in [0.15, 0.2) is 0 Å². The maximum Gasteiger partial charge on any atom is 0.137 e. The van der Waals surface area contributed by atoms with Crippen LogP contribution in [0.25, 0.3) is 0 Å². The van der Waals surface area contributed by atoms with Crippen LogP contribution < -0.4 is 10.2 Å². The molecular weight excluding hydrogens is 228 g/mol. The summed E-state index contributed by atoms with van der Waals surface area (Å²) in [6, 6.07) is 0. The average molecular weight is 250 g/mol. The molecule has 2 rings (SSSR count). The minimum atomic E-state index is -0.230. The Hall–Kier alpha value is -1.36. The predicted octanol–water partition coefficient (Wildman–Crippen LogP) is 1.49. The summed E-state index contributed by atoms with van der Waals surface area (Å²) in [5.74, 6) is 2.65. The molecule has 2 N–H and O–H groups in total. The van der Waals surface area contributed by atoms with Crippen LogP contribution in [0.3, 0.4) is 0 Å². The summed E-state index contributed by atoms with van der Waals surface area (Å²) < 4.78 is 0. The molecule has 1 aliphatic rings. The van der Waals surface area contributed by atoms with E-state index in [1.165, 1.54) is 0 Å². The van der Waals surface area contributed by atoms with Gasteiger partial charge in [0.2, 0.25) is 0 Å². The molecular formula is C13H22N4O. The SMILES string of the molecule is CCCNc1nc(C)nc(N2CCC(O)C2)c1C. The lowest BCUT2D eigenvalue weighted by Gasteiger charge is -2.21. The van der Waals surface area contributed by atoms with Gasteiger partial charge in [0.25, 0.3) is 0 Å². The first-order chi connectivity index (χ1) is 8.61. The third-order valence-corrected chi connectivity index (χ3v) is 3.24. The number of aliphatic hydroxyl groups excluding tert-OH is 1. The molecule has 1 aromatic heterocycles. The van der Waals surface area contributed by atoms with Gasteiger partial charge in [-0.05, 0) is 26.7 Å². The van der Waals surface area contributed by atoms with Crippen LogP contribution in [-0.2, 0) is 0 Å². The monoisotopic (exact) mass is 250 g/mol. The number of hydrogen-bond donors (Lipinski definition) is 2. The number of aromatic nitrogens is 2. The first-order valence-corrected chi connectivity index (χ1v) is 6.64. The van der Waals surface area contributed by atoms with Crippen LogP contribution in [0.4, 0.5) is 11.6 Å². The van der Waals surface area contributed by atoms with E-state index in [1.807, 2.05) is 13.8 Å². The van der Waals surface area contributed by atoms with E-state index in [2.05, 4.69) is 27.1 Å². The van der Waals surface area contributed by atoms with Crippen molar-refractivity contribution in [2.75, 3.05) is 29.9 Å². The van der Waals surface area contributed by atoms with Crippen LogP contribution in [-0.4, -0.2) is 40.8 Å². The van der Waals surface area contributed by atoms with Crippen LogP contribution in [0.2, 0.25) is 0 Å². The molecule has 1 aromatic rings. The summed E-state index contributed by atoms with van der Waals surface area (Å²) in [6.45, 7) is 8.54. The molecule has 0 amide bonds. The quantitative estimate of drug-likeness (QED) is 0.847. The lowest BCUT2D eigenvalue weighted by atomic mass is 10.2. The number of nitrogens with one attached hydrogen (secondary N) is 1. The molecule has 0 saturated carbocycles. The molecule has 0 aliphatic carbocycles. The number of nitrogens with zero attached hydrogens (tertiary/aromatic N) is 3. The number of β-amino-alcohol motifs (C(OH)–C–C–N with tert-alkyl or cyclic N) is 1. The van der Waals surface area contributed by atoms with Gasteiger partial charge in [-0.25, -0.2) is 9.97 Å². The van der Waals surface area contributed by atoms with Gasteiger partial charge in [-0.2, -0.15) is 0 Å². The second-order valence-electron chi connectivity index (χ2n) is 4.88. The second kappa shape index (κ2) is 5.52. The molecule has 100 valence electrons. The molecule has 5 nitrogen and oxygen atoms in total. The Kier molecular flexibility index (Phi) is 4.01. The van der Waals surface area contributed by atoms with E-state index in [1.54, 1.807) is 0 Å². The van der Waals surface area contributed by atoms with E-state index in [0.29, 0.717) is 6.54 Å². The standard InChI is InChI=1S/C13H22N4O/c1-4-6-14-12-9(2)13(16-10(3)15-12)17-7-5-11(18)8-17/h11,18H,4-8H2,1-3H3,(H,14,15,16). The number of aliphatic hydroxyl groups is 1. The second-order valence-corrected chi connectivity index (χ2v) is 4.88. The Morgan fingerprint density at radius 3 is 2.78 bits per heavy atom. The number of rotatable bonds is 4. The Labute approximate surface area is 108 Å². The van der Waals surface area contributed by atoms with Crippen molar-refractivity contribution in [2.24, 2.45) is 0 Å². The zero-order valence-electron chi connectivity index (χ0n) is 11.4. The van der Waals surface area contributed by atoms with Crippen molar-refractivity contribution in [3.63, 3.8) is 0 Å². The van der Waals surface area contributed by atoms with Gasteiger partial charge in [0, 0.05) is 25.2 Å². The van der Waals surface area contributed by atoms with Gasteiger partial charge in [0.05, 0.1) is 6.10 Å². The summed E-state index contributed by atoms with van der Waals surface area (Å²) in [7, 11) is 0. The predicted molar refractivity (Wildman–Crippen MR) is 73.1 cm³/mol. The topological polar surface area (TPSA) is 61.3 Å². The van der Waals surface area contributed by atoms with Crippen LogP contribution >= 0.6 is 0 Å². The molecule has 0 spiro atoms. The Morgan fingerprint density at radius 1 is 1.39 bits per heavy atom. The fraction of sp³-hybridized carbons (Fsp3) is 0.692. The third-order valence-electron chi connectivity index (χ3n) is 3.24. The highest BCUT2D eigenvalue weighted by atomic mass is 16.3. The van der Waals surface area contributed by atoms with E-state index in [9.17, 15) is 5.11 Å². The molecule has 0 bridgehead atoms. The van der Waals surface area contributed by atoms with Gasteiger partial charge in [-0.15, -0.1) is 0 Å². The molecule has 5 heteroatoms. The molecule has 2 heterocycles. The number of hydrogen-bond acceptors (Lipinski definition) is 5. The highest BCUT2D eigenvalue weighted by Gasteiger charge is 2.24. The Balaban J connectivity index is 2.26. The fourth-order valence-electron chi connectivity index (χ4n) is 2.27. The molecule has 1 saturated heterocycles. The average Bonchev–Trinajstić information content (AvgIpc) is 2.76. The summed E-state index contributed by atoms with van der Waals surface area (Å²) in [5.41, 5.74) is 1.07. The van der Waals surface area contributed by atoms with E-state index in [4.69, 9.17) is 0 Å². The zero-order valence-corrected chi connectivity index (χ0v) is 11.4. The van der Waals surface area contributed by atoms with E-state index in [-0.39, 0.29) is 6.10 Å². The van der Waals surface area contributed by atoms with Gasteiger partial charge < -0.3 is 15.3 Å². The lowest BCUT2D eigenvalue weighted by Crippen LogP contribution is -2.24. The fourth-order valence-corrected chi connectivity index (χ4v) is 2.27. The van der Waals surface area contributed by atoms with Crippen molar-refractivity contribution in [3.8, 4) is 0 Å². The maximum atomic E-state index is 9.63. The summed E-state index contributed by atoms with van der Waals surface area (Å²) >= 11 is 0. The van der Waals surface area contributed by atoms with E-state index < -0.39 is 0 Å². The van der Waals surface area contributed by atoms with E-state index in [0.717, 1.165) is 49.0 Å². The number of anilines is 2. The third kappa shape index (κ3) is 2.72. The molecule has 0 radical (unpaired) electrons. The largest absolute Gasteiger partial charge is 0.391 e. The van der Waals surface area contributed by atoms with Crippen molar-refractivity contribution in [2.45, 2.75) is 39.7 Å². The van der Waals surface area contributed by atoms with Crippen LogP contribution in [0.5, 0.6) is 0 Å². The van der Waals surface area contributed by atoms with Crippen molar-refractivity contribution in [1.82, 2.24) is 9.97 Å². The highest BCUT2D eigenvalue weighted by Crippen LogP contribution is 2.26. The number of aryl methyl sites for hydroxylation is 1. The Bertz CT molecular complexity index is 422. The summed E-state index contributed by atoms with van der Waals surface area (Å²) in [6.07, 6.45) is 1.66. The highest BCUT2D eigenvalue weighted by molar-refractivity contribution is 5.59. The van der Waals surface area contributed by atoms with E-state index >= 15 is 0 Å². The van der Waals surface area contributed by atoms with Gasteiger partial charge >= 0.3 is 0 Å². The summed E-state index contributed by atoms with van der Waals surface area (Å²) in [5, 5.41) is 13.0.